The molecule has 0 amide bonds. The maximum absolute atomic E-state index is 11.7. The van der Waals surface area contributed by atoms with Crippen LogP contribution in [0.3, 0.4) is 0 Å². The molecule has 0 bridgehead atoms. The van der Waals surface area contributed by atoms with Gasteiger partial charge in [-0.15, -0.1) is 0 Å². The second-order valence-corrected chi connectivity index (χ2v) is 4.37. The summed E-state index contributed by atoms with van der Waals surface area (Å²) in [6, 6.07) is 7.92. The van der Waals surface area contributed by atoms with Gasteiger partial charge in [0, 0.05) is 17.1 Å². The summed E-state index contributed by atoms with van der Waals surface area (Å²) < 4.78 is 0. The van der Waals surface area contributed by atoms with Gasteiger partial charge in [-0.05, 0) is 43.5 Å². The zero-order chi connectivity index (χ0) is 12.3. The molecule has 0 unspecified atom stereocenters. The van der Waals surface area contributed by atoms with E-state index in [4.69, 9.17) is 0 Å². The van der Waals surface area contributed by atoms with Crippen molar-refractivity contribution in [1.29, 1.82) is 0 Å². The third-order valence-electron chi connectivity index (χ3n) is 3.01. The molecule has 0 spiro atoms. The molecule has 1 aromatic carbocycles. The molecule has 0 fully saturated rings. The first kappa shape index (κ1) is 11.8. The lowest BCUT2D eigenvalue weighted by Crippen LogP contribution is -2.00. The summed E-state index contributed by atoms with van der Waals surface area (Å²) in [5.41, 5.74) is 2.95. The van der Waals surface area contributed by atoms with E-state index < -0.39 is 0 Å². The highest BCUT2D eigenvalue weighted by Crippen LogP contribution is 2.20. The Labute approximate surface area is 102 Å². The molecule has 0 radical (unpaired) electrons. The normalized spacial score (nSPS) is 10.7. The Balaban J connectivity index is 2.54. The van der Waals surface area contributed by atoms with Gasteiger partial charge in [0.1, 0.15) is 0 Å². The number of carbonyl (C=O) groups is 1. The van der Waals surface area contributed by atoms with E-state index in [9.17, 15) is 4.79 Å². The van der Waals surface area contributed by atoms with Gasteiger partial charge < -0.3 is 0 Å². The van der Waals surface area contributed by atoms with Gasteiger partial charge in [-0.3, -0.25) is 9.78 Å². The predicted molar refractivity (Wildman–Crippen MR) is 70.4 cm³/mol. The van der Waals surface area contributed by atoms with Crippen LogP contribution in [0.2, 0.25) is 0 Å². The van der Waals surface area contributed by atoms with Crippen molar-refractivity contribution in [2.45, 2.75) is 33.1 Å². The van der Waals surface area contributed by atoms with Crippen molar-refractivity contribution in [2.75, 3.05) is 0 Å². The van der Waals surface area contributed by atoms with Crippen molar-refractivity contribution in [2.24, 2.45) is 0 Å². The van der Waals surface area contributed by atoms with Gasteiger partial charge in [0.2, 0.25) is 0 Å². The SMILES string of the molecule is CCCCc1cc2ncccc2cc1C(C)=O. The minimum Gasteiger partial charge on any atom is -0.295 e. The Morgan fingerprint density at radius 1 is 1.35 bits per heavy atom. The van der Waals surface area contributed by atoms with Crippen LogP contribution in [0.1, 0.15) is 42.6 Å². The van der Waals surface area contributed by atoms with Crippen LogP contribution in [0.5, 0.6) is 0 Å². The van der Waals surface area contributed by atoms with E-state index in [2.05, 4.69) is 18.0 Å². The molecule has 2 rings (SSSR count). The second-order valence-electron chi connectivity index (χ2n) is 4.37. The van der Waals surface area contributed by atoms with Crippen LogP contribution < -0.4 is 0 Å². The van der Waals surface area contributed by atoms with E-state index >= 15 is 0 Å². The van der Waals surface area contributed by atoms with Crippen LogP contribution in [-0.4, -0.2) is 10.8 Å². The van der Waals surface area contributed by atoms with Crippen molar-refractivity contribution in [1.82, 2.24) is 4.98 Å². The van der Waals surface area contributed by atoms with Gasteiger partial charge in [-0.1, -0.05) is 19.4 Å². The van der Waals surface area contributed by atoms with Gasteiger partial charge in [0.05, 0.1) is 5.52 Å². The molecule has 2 aromatic rings. The average molecular weight is 227 g/mol. The highest BCUT2D eigenvalue weighted by Gasteiger charge is 2.09. The molecular weight excluding hydrogens is 210 g/mol. The lowest BCUT2D eigenvalue weighted by atomic mass is 9.97. The Bertz CT molecular complexity index is 546. The number of aromatic nitrogens is 1. The smallest absolute Gasteiger partial charge is 0.160 e. The summed E-state index contributed by atoms with van der Waals surface area (Å²) >= 11 is 0. The molecule has 0 aliphatic heterocycles. The third kappa shape index (κ3) is 2.52. The fourth-order valence-electron chi connectivity index (χ4n) is 2.07. The van der Waals surface area contributed by atoms with E-state index in [1.165, 1.54) is 0 Å². The molecule has 0 aliphatic carbocycles. The van der Waals surface area contributed by atoms with Crippen molar-refractivity contribution in [3.8, 4) is 0 Å². The van der Waals surface area contributed by atoms with Gasteiger partial charge >= 0.3 is 0 Å². The molecule has 1 heterocycles. The molecule has 17 heavy (non-hydrogen) atoms. The van der Waals surface area contributed by atoms with E-state index in [0.29, 0.717) is 0 Å². The number of nitrogens with zero attached hydrogens (tertiary/aromatic N) is 1. The average Bonchev–Trinajstić information content (AvgIpc) is 2.35. The molecule has 0 saturated carbocycles. The minimum atomic E-state index is 0.141. The highest BCUT2D eigenvalue weighted by molar-refractivity contribution is 5.99. The fraction of sp³-hybridized carbons (Fsp3) is 0.333. The monoisotopic (exact) mass is 227 g/mol. The molecular formula is C15H17NO. The lowest BCUT2D eigenvalue weighted by molar-refractivity contribution is 0.101. The van der Waals surface area contributed by atoms with Crippen LogP contribution >= 0.6 is 0 Å². The number of ketones is 1. The summed E-state index contributed by atoms with van der Waals surface area (Å²) in [7, 11) is 0. The molecule has 88 valence electrons. The Morgan fingerprint density at radius 3 is 2.88 bits per heavy atom. The maximum atomic E-state index is 11.7. The summed E-state index contributed by atoms with van der Waals surface area (Å²) in [5, 5.41) is 1.04. The van der Waals surface area contributed by atoms with Gasteiger partial charge in [-0.25, -0.2) is 0 Å². The first-order chi connectivity index (χ1) is 8.22. The topological polar surface area (TPSA) is 30.0 Å². The number of fused-ring (bicyclic) bond motifs is 1. The van der Waals surface area contributed by atoms with Crippen LogP contribution in [-0.2, 0) is 6.42 Å². The van der Waals surface area contributed by atoms with Gasteiger partial charge in [0.15, 0.2) is 5.78 Å². The number of unbranched alkanes of at least 4 members (excludes halogenated alkanes) is 1. The standard InChI is InChI=1S/C15H17NO/c1-3-4-6-12-10-15-13(7-5-8-16-15)9-14(12)11(2)17/h5,7-10H,3-4,6H2,1-2H3. The molecule has 0 atom stereocenters. The lowest BCUT2D eigenvalue weighted by Gasteiger charge is -2.08. The van der Waals surface area contributed by atoms with Crippen molar-refractivity contribution < 1.29 is 4.79 Å². The van der Waals surface area contributed by atoms with E-state index in [0.717, 1.165) is 41.3 Å². The summed E-state index contributed by atoms with van der Waals surface area (Å²) in [4.78, 5) is 16.0. The minimum absolute atomic E-state index is 0.141. The molecule has 0 aliphatic rings. The van der Waals surface area contributed by atoms with Gasteiger partial charge in [-0.2, -0.15) is 0 Å². The molecule has 0 N–H and O–H groups in total. The molecule has 2 heteroatoms. The number of hydrogen-bond donors (Lipinski definition) is 0. The molecule has 1 aromatic heterocycles. The number of rotatable bonds is 4. The number of hydrogen-bond acceptors (Lipinski definition) is 2. The molecule has 0 saturated heterocycles. The van der Waals surface area contributed by atoms with Crippen LogP contribution in [0.15, 0.2) is 30.5 Å². The zero-order valence-corrected chi connectivity index (χ0v) is 10.4. The van der Waals surface area contributed by atoms with Crippen molar-refractivity contribution in [3.05, 3.63) is 41.6 Å². The van der Waals surface area contributed by atoms with Crippen molar-refractivity contribution >= 4 is 16.7 Å². The first-order valence-electron chi connectivity index (χ1n) is 6.11. The third-order valence-corrected chi connectivity index (χ3v) is 3.01. The molecule has 2 nitrogen and oxygen atoms in total. The zero-order valence-electron chi connectivity index (χ0n) is 10.4. The number of Topliss-reactive ketones (excluding diaryl/α,β-unsaturated/α-hetero) is 1. The summed E-state index contributed by atoms with van der Waals surface area (Å²) in [6.45, 7) is 3.79. The Kier molecular flexibility index (Phi) is 3.52. The number of carbonyl (C=O) groups excluding carboxylic acids is 1. The first-order valence-corrected chi connectivity index (χ1v) is 6.11. The van der Waals surface area contributed by atoms with Gasteiger partial charge in [0.25, 0.3) is 0 Å². The predicted octanol–water partition coefficient (Wildman–Crippen LogP) is 3.78. The summed E-state index contributed by atoms with van der Waals surface area (Å²) in [5.74, 6) is 0.141. The van der Waals surface area contributed by atoms with Crippen LogP contribution in [0.4, 0.5) is 0 Å². The quantitative estimate of drug-likeness (QED) is 0.744. The van der Waals surface area contributed by atoms with Crippen LogP contribution in [0, 0.1) is 0 Å². The second kappa shape index (κ2) is 5.09. The largest absolute Gasteiger partial charge is 0.295 e. The number of benzene rings is 1. The van der Waals surface area contributed by atoms with E-state index in [-0.39, 0.29) is 5.78 Å². The fourth-order valence-corrected chi connectivity index (χ4v) is 2.07. The van der Waals surface area contributed by atoms with Crippen molar-refractivity contribution in [3.63, 3.8) is 0 Å². The Morgan fingerprint density at radius 2 is 2.18 bits per heavy atom. The van der Waals surface area contributed by atoms with E-state index in [1.54, 1.807) is 13.1 Å². The maximum Gasteiger partial charge on any atom is 0.160 e. The highest BCUT2D eigenvalue weighted by atomic mass is 16.1. The summed E-state index contributed by atoms with van der Waals surface area (Å²) in [6.07, 6.45) is 4.99. The number of pyridine rings is 1. The Hall–Kier alpha value is -1.70. The number of aryl methyl sites for hydroxylation is 1. The van der Waals surface area contributed by atoms with Crippen LogP contribution in [0.25, 0.3) is 10.9 Å². The van der Waals surface area contributed by atoms with E-state index in [1.807, 2.05) is 18.2 Å².